The lowest BCUT2D eigenvalue weighted by atomic mass is 10.2. The lowest BCUT2D eigenvalue weighted by molar-refractivity contribution is -0.167. The maximum Gasteiger partial charge on any atom is 0.406 e. The number of nitrogens with zero attached hydrogens (tertiary/aromatic N) is 1. The molecule has 1 amide bonds. The molecule has 1 aromatic carbocycles. The average molecular weight is 370 g/mol. The minimum atomic E-state index is -4.45. The Labute approximate surface area is 142 Å². The van der Waals surface area contributed by atoms with Crippen molar-refractivity contribution in [1.29, 1.82) is 0 Å². The Balaban J connectivity index is 2.03. The summed E-state index contributed by atoms with van der Waals surface area (Å²) in [4.78, 5) is 13.0. The van der Waals surface area contributed by atoms with Crippen LogP contribution in [0.5, 0.6) is 5.75 Å². The van der Waals surface area contributed by atoms with Crippen molar-refractivity contribution in [3.63, 3.8) is 0 Å². The van der Waals surface area contributed by atoms with E-state index in [9.17, 15) is 18.0 Å². The first-order chi connectivity index (χ1) is 10.7. The summed E-state index contributed by atoms with van der Waals surface area (Å²) in [5.74, 6) is -0.438. The van der Waals surface area contributed by atoms with Gasteiger partial charge in [0, 0.05) is 6.04 Å². The maximum atomic E-state index is 12.7. The first-order valence-corrected chi connectivity index (χ1v) is 7.87. The smallest absolute Gasteiger partial charge is 0.406 e. The maximum absolute atomic E-state index is 12.7. The fraction of sp³-hybridized carbons (Fsp3) is 0.533. The number of benzene rings is 1. The zero-order valence-electron chi connectivity index (χ0n) is 12.4. The molecule has 1 saturated carbocycles. The second kappa shape index (κ2) is 7.18. The van der Waals surface area contributed by atoms with Gasteiger partial charge in [0.1, 0.15) is 17.3 Å². The van der Waals surface area contributed by atoms with Gasteiger partial charge in [-0.3, -0.25) is 4.79 Å². The second-order valence-electron chi connectivity index (χ2n) is 5.56. The molecule has 1 aliphatic rings. The standard InChI is InChI=1S/C15H16Cl2F3NO2/c1-9(10-5-6-10)21(8-15(18,19)20)13(22)7-23-12-4-2-3-11(16)14(12)17/h2-4,9-10H,5-8H2,1H3/t9-/m1/s1. The summed E-state index contributed by atoms with van der Waals surface area (Å²) in [5, 5.41) is 0.370. The molecule has 128 valence electrons. The molecule has 0 saturated heterocycles. The lowest BCUT2D eigenvalue weighted by Crippen LogP contribution is -2.47. The number of rotatable bonds is 6. The van der Waals surface area contributed by atoms with Gasteiger partial charge in [0.25, 0.3) is 5.91 Å². The van der Waals surface area contributed by atoms with Gasteiger partial charge in [-0.25, -0.2) is 0 Å². The Hall–Kier alpha value is -1.14. The summed E-state index contributed by atoms with van der Waals surface area (Å²) >= 11 is 11.7. The zero-order chi connectivity index (χ0) is 17.2. The number of ether oxygens (including phenoxy) is 1. The van der Waals surface area contributed by atoms with Crippen LogP contribution in [0, 0.1) is 5.92 Å². The summed E-state index contributed by atoms with van der Waals surface area (Å²) in [6, 6.07) is 4.15. The molecule has 0 heterocycles. The first-order valence-electron chi connectivity index (χ1n) is 7.12. The Bertz CT molecular complexity index is 576. The highest BCUT2D eigenvalue weighted by atomic mass is 35.5. The van der Waals surface area contributed by atoms with Crippen molar-refractivity contribution in [2.24, 2.45) is 5.92 Å². The quantitative estimate of drug-likeness (QED) is 0.735. The van der Waals surface area contributed by atoms with Gasteiger partial charge in [-0.2, -0.15) is 13.2 Å². The van der Waals surface area contributed by atoms with E-state index in [0.29, 0.717) is 0 Å². The largest absolute Gasteiger partial charge is 0.482 e. The predicted molar refractivity (Wildman–Crippen MR) is 81.9 cm³/mol. The third-order valence-electron chi connectivity index (χ3n) is 3.73. The molecule has 2 rings (SSSR count). The Morgan fingerprint density at radius 3 is 2.61 bits per heavy atom. The molecule has 1 fully saturated rings. The molecular formula is C15H16Cl2F3NO2. The molecule has 0 radical (unpaired) electrons. The van der Waals surface area contributed by atoms with Crippen LogP contribution in [-0.4, -0.2) is 36.2 Å². The van der Waals surface area contributed by atoms with Gasteiger partial charge in [-0.05, 0) is 37.8 Å². The van der Waals surface area contributed by atoms with Crippen LogP contribution < -0.4 is 4.74 Å². The summed E-state index contributed by atoms with van der Waals surface area (Å²) in [5.41, 5.74) is 0. The Morgan fingerprint density at radius 1 is 1.39 bits per heavy atom. The molecule has 0 bridgehead atoms. The van der Waals surface area contributed by atoms with Crippen LogP contribution in [0.4, 0.5) is 13.2 Å². The number of halogens is 5. The normalized spacial score (nSPS) is 16.1. The molecule has 1 aromatic rings. The lowest BCUT2D eigenvalue weighted by Gasteiger charge is -2.30. The SMILES string of the molecule is C[C@H](C1CC1)N(CC(F)(F)F)C(=O)COc1cccc(Cl)c1Cl. The van der Waals surface area contributed by atoms with Gasteiger partial charge in [-0.1, -0.05) is 29.3 Å². The molecule has 0 spiro atoms. The highest BCUT2D eigenvalue weighted by molar-refractivity contribution is 6.42. The Morgan fingerprint density at radius 2 is 2.04 bits per heavy atom. The van der Waals surface area contributed by atoms with E-state index in [1.165, 1.54) is 6.07 Å². The van der Waals surface area contributed by atoms with Gasteiger partial charge < -0.3 is 9.64 Å². The molecule has 0 aliphatic heterocycles. The molecule has 0 N–H and O–H groups in total. The zero-order valence-corrected chi connectivity index (χ0v) is 13.9. The Kier molecular flexibility index (Phi) is 5.68. The van der Waals surface area contributed by atoms with E-state index in [4.69, 9.17) is 27.9 Å². The van der Waals surface area contributed by atoms with Crippen LogP contribution in [-0.2, 0) is 4.79 Å². The third-order valence-corrected chi connectivity index (χ3v) is 4.53. The van der Waals surface area contributed by atoms with Crippen molar-refractivity contribution in [3.05, 3.63) is 28.2 Å². The summed E-state index contributed by atoms with van der Waals surface area (Å²) < 4.78 is 43.4. The average Bonchev–Trinajstić information content (AvgIpc) is 3.29. The number of hydrogen-bond acceptors (Lipinski definition) is 2. The minimum Gasteiger partial charge on any atom is -0.482 e. The van der Waals surface area contributed by atoms with Crippen LogP contribution in [0.2, 0.25) is 10.0 Å². The van der Waals surface area contributed by atoms with E-state index in [-0.39, 0.29) is 21.7 Å². The topological polar surface area (TPSA) is 29.5 Å². The molecule has 1 atom stereocenters. The van der Waals surface area contributed by atoms with Gasteiger partial charge in [0.2, 0.25) is 0 Å². The minimum absolute atomic E-state index is 0.121. The van der Waals surface area contributed by atoms with Crippen LogP contribution in [0.1, 0.15) is 19.8 Å². The van der Waals surface area contributed by atoms with E-state index >= 15 is 0 Å². The highest BCUT2D eigenvalue weighted by Gasteiger charge is 2.40. The predicted octanol–water partition coefficient (Wildman–Crippen LogP) is 4.56. The fourth-order valence-electron chi connectivity index (χ4n) is 2.30. The number of alkyl halides is 3. The molecular weight excluding hydrogens is 354 g/mol. The molecule has 23 heavy (non-hydrogen) atoms. The van der Waals surface area contributed by atoms with Crippen molar-refractivity contribution in [1.82, 2.24) is 4.90 Å². The van der Waals surface area contributed by atoms with E-state index < -0.39 is 31.3 Å². The molecule has 1 aliphatic carbocycles. The van der Waals surface area contributed by atoms with Crippen LogP contribution in [0.3, 0.4) is 0 Å². The van der Waals surface area contributed by atoms with Gasteiger partial charge in [0.15, 0.2) is 6.61 Å². The van der Waals surface area contributed by atoms with Crippen LogP contribution >= 0.6 is 23.2 Å². The monoisotopic (exact) mass is 369 g/mol. The van der Waals surface area contributed by atoms with E-state index in [1.54, 1.807) is 19.1 Å². The van der Waals surface area contributed by atoms with Gasteiger partial charge in [-0.15, -0.1) is 0 Å². The third kappa shape index (κ3) is 5.18. The summed E-state index contributed by atoms with van der Waals surface area (Å²) in [6.07, 6.45) is -2.78. The van der Waals surface area contributed by atoms with Crippen molar-refractivity contribution < 1.29 is 22.7 Å². The highest BCUT2D eigenvalue weighted by Crippen LogP contribution is 2.36. The van der Waals surface area contributed by atoms with Gasteiger partial charge in [0.05, 0.1) is 5.02 Å². The number of amides is 1. The number of carbonyl (C=O) groups excluding carboxylic acids is 1. The van der Waals surface area contributed by atoms with E-state index in [2.05, 4.69) is 0 Å². The molecule has 3 nitrogen and oxygen atoms in total. The molecule has 0 unspecified atom stereocenters. The summed E-state index contributed by atoms with van der Waals surface area (Å²) in [7, 11) is 0. The first kappa shape index (κ1) is 18.2. The second-order valence-corrected chi connectivity index (χ2v) is 6.34. The molecule has 0 aromatic heterocycles. The van der Waals surface area contributed by atoms with E-state index in [0.717, 1.165) is 17.7 Å². The van der Waals surface area contributed by atoms with Crippen LogP contribution in [0.15, 0.2) is 18.2 Å². The number of hydrogen-bond donors (Lipinski definition) is 0. The van der Waals surface area contributed by atoms with Crippen molar-refractivity contribution in [2.75, 3.05) is 13.2 Å². The van der Waals surface area contributed by atoms with E-state index in [1.807, 2.05) is 0 Å². The van der Waals surface area contributed by atoms with Crippen LogP contribution in [0.25, 0.3) is 0 Å². The van der Waals surface area contributed by atoms with Crippen molar-refractivity contribution in [3.8, 4) is 5.75 Å². The number of carbonyl (C=O) groups is 1. The molecule has 8 heteroatoms. The van der Waals surface area contributed by atoms with Gasteiger partial charge >= 0.3 is 6.18 Å². The van der Waals surface area contributed by atoms with Crippen molar-refractivity contribution >= 4 is 29.1 Å². The van der Waals surface area contributed by atoms with Crippen molar-refractivity contribution in [2.45, 2.75) is 32.0 Å². The fourth-order valence-corrected chi connectivity index (χ4v) is 2.65. The summed E-state index contributed by atoms with van der Waals surface area (Å²) in [6.45, 7) is -0.170.